The van der Waals surface area contributed by atoms with Crippen LogP contribution in [0.2, 0.25) is 0 Å². The maximum absolute atomic E-state index is 11.6. The van der Waals surface area contributed by atoms with Crippen LogP contribution in [0.3, 0.4) is 0 Å². The first kappa shape index (κ1) is 20.4. The van der Waals surface area contributed by atoms with E-state index in [4.69, 9.17) is 15.7 Å². The van der Waals surface area contributed by atoms with Gasteiger partial charge in [0, 0.05) is 61.8 Å². The molecule has 1 atom stereocenters. The summed E-state index contributed by atoms with van der Waals surface area (Å²) in [4.78, 5) is 29.2. The van der Waals surface area contributed by atoms with Gasteiger partial charge in [0.2, 0.25) is 11.9 Å². The molecule has 2 aromatic heterocycles. The number of rotatable bonds is 6. The molecule has 0 radical (unpaired) electrons. The Morgan fingerprint density at radius 3 is 2.68 bits per heavy atom. The van der Waals surface area contributed by atoms with Gasteiger partial charge in [0.05, 0.1) is 6.04 Å². The molecule has 2 aliphatic heterocycles. The summed E-state index contributed by atoms with van der Waals surface area (Å²) in [6.07, 6.45) is 3.94. The highest BCUT2D eigenvalue weighted by molar-refractivity contribution is 7.17. The van der Waals surface area contributed by atoms with E-state index in [1.165, 1.54) is 11.1 Å². The van der Waals surface area contributed by atoms with Gasteiger partial charge in [-0.05, 0) is 24.9 Å². The lowest BCUT2D eigenvalue weighted by atomic mass is 10.1. The zero-order valence-corrected chi connectivity index (χ0v) is 18.4. The Kier molecular flexibility index (Phi) is 5.85. The first-order valence-electron chi connectivity index (χ1n) is 11.0. The minimum atomic E-state index is -0.182. The van der Waals surface area contributed by atoms with Gasteiger partial charge in [-0.15, -0.1) is 11.3 Å². The van der Waals surface area contributed by atoms with Gasteiger partial charge in [-0.25, -0.2) is 9.97 Å². The molecule has 3 aromatic rings. The van der Waals surface area contributed by atoms with Crippen molar-refractivity contribution in [3.05, 3.63) is 41.9 Å². The van der Waals surface area contributed by atoms with Crippen molar-refractivity contribution in [1.82, 2.24) is 19.8 Å². The number of carbonyl (C=O) groups excluding carboxylic acids is 1. The van der Waals surface area contributed by atoms with E-state index < -0.39 is 0 Å². The summed E-state index contributed by atoms with van der Waals surface area (Å²) in [6.45, 7) is 6.67. The molecule has 0 unspecified atom stereocenters. The molecule has 0 bridgehead atoms. The predicted molar refractivity (Wildman–Crippen MR) is 125 cm³/mol. The first-order chi connectivity index (χ1) is 15.2. The van der Waals surface area contributed by atoms with E-state index in [0.717, 1.165) is 74.8 Å². The smallest absolute Gasteiger partial charge is 0.234 e. The molecule has 31 heavy (non-hydrogen) atoms. The van der Waals surface area contributed by atoms with Crippen molar-refractivity contribution in [2.75, 3.05) is 50.7 Å². The molecular formula is C23H28N6OS. The first-order valence-corrected chi connectivity index (χ1v) is 11.9. The summed E-state index contributed by atoms with van der Waals surface area (Å²) >= 11 is 1.68. The Bertz CT molecular complexity index is 1050. The van der Waals surface area contributed by atoms with Gasteiger partial charge in [-0.1, -0.05) is 30.3 Å². The molecule has 0 spiro atoms. The van der Waals surface area contributed by atoms with Crippen LogP contribution in [0, 0.1) is 0 Å². The molecule has 7 nitrogen and oxygen atoms in total. The van der Waals surface area contributed by atoms with E-state index in [1.807, 2.05) is 12.3 Å². The van der Waals surface area contributed by atoms with Gasteiger partial charge >= 0.3 is 0 Å². The lowest BCUT2D eigenvalue weighted by Gasteiger charge is -2.35. The predicted octanol–water partition coefficient (Wildman–Crippen LogP) is 2.43. The van der Waals surface area contributed by atoms with Crippen molar-refractivity contribution < 1.29 is 4.79 Å². The molecule has 0 aliphatic carbocycles. The summed E-state index contributed by atoms with van der Waals surface area (Å²) in [5.41, 5.74) is 7.95. The highest BCUT2D eigenvalue weighted by Gasteiger charge is 2.29. The summed E-state index contributed by atoms with van der Waals surface area (Å²) < 4.78 is 0. The average molecular weight is 437 g/mol. The topological polar surface area (TPSA) is 78.6 Å². The lowest BCUT2D eigenvalue weighted by molar-refractivity contribution is -0.122. The van der Waals surface area contributed by atoms with E-state index >= 15 is 0 Å². The third-order valence-corrected chi connectivity index (χ3v) is 7.34. The number of amides is 1. The van der Waals surface area contributed by atoms with Crippen molar-refractivity contribution >= 4 is 33.4 Å². The van der Waals surface area contributed by atoms with Gasteiger partial charge in [0.15, 0.2) is 0 Å². The largest absolute Gasteiger partial charge is 0.368 e. The van der Waals surface area contributed by atoms with E-state index in [2.05, 4.69) is 44.3 Å². The van der Waals surface area contributed by atoms with Crippen LogP contribution in [0.1, 0.15) is 12.8 Å². The second-order valence-corrected chi connectivity index (χ2v) is 9.19. The quantitative estimate of drug-likeness (QED) is 0.639. The summed E-state index contributed by atoms with van der Waals surface area (Å²) in [5, 5.41) is 3.29. The number of nitrogens with zero attached hydrogens (tertiary/aromatic N) is 5. The van der Waals surface area contributed by atoms with Crippen LogP contribution >= 0.6 is 11.3 Å². The highest BCUT2D eigenvalue weighted by Crippen LogP contribution is 2.33. The fourth-order valence-corrected chi connectivity index (χ4v) is 5.58. The molecule has 1 amide bonds. The van der Waals surface area contributed by atoms with E-state index in [1.54, 1.807) is 11.3 Å². The van der Waals surface area contributed by atoms with Gasteiger partial charge < -0.3 is 10.6 Å². The van der Waals surface area contributed by atoms with Crippen LogP contribution < -0.4 is 10.6 Å². The Hall–Kier alpha value is -2.55. The average Bonchev–Trinajstić information content (AvgIpc) is 3.45. The number of carbonyl (C=O) groups is 1. The number of aromatic nitrogens is 2. The molecule has 2 saturated heterocycles. The number of primary amides is 1. The molecular weight excluding hydrogens is 408 g/mol. The molecule has 2 aliphatic rings. The normalized spacial score (nSPS) is 20.5. The standard InChI is InChI=1S/C23H28N6OS/c24-21(30)20-7-4-8-28(20)12-9-27-10-13-29(14-11-27)23-25-15-18-19(16-31-22(18)26-23)17-5-2-1-3-6-17/h1-3,5-6,15-16,20H,4,7-14H2,(H2,24,30)/t20-/m1/s1. The number of hydrogen-bond donors (Lipinski definition) is 1. The monoisotopic (exact) mass is 436 g/mol. The van der Waals surface area contributed by atoms with Crippen LogP contribution in [-0.4, -0.2) is 77.5 Å². The van der Waals surface area contributed by atoms with Crippen LogP contribution in [-0.2, 0) is 4.79 Å². The lowest BCUT2D eigenvalue weighted by Crippen LogP contribution is -2.50. The number of nitrogens with two attached hydrogens (primary N) is 1. The maximum Gasteiger partial charge on any atom is 0.234 e. The maximum atomic E-state index is 11.6. The molecule has 2 fully saturated rings. The SMILES string of the molecule is NC(=O)[C@H]1CCCN1CCN1CCN(c2ncc3c(-c4ccccc4)csc3n2)CC1. The molecule has 0 saturated carbocycles. The number of fused-ring (bicyclic) bond motifs is 1. The second kappa shape index (κ2) is 8.90. The van der Waals surface area contributed by atoms with Crippen molar-refractivity contribution in [3.8, 4) is 11.1 Å². The molecule has 5 rings (SSSR count). The minimum absolute atomic E-state index is 0.0759. The van der Waals surface area contributed by atoms with Gasteiger partial charge in [0.25, 0.3) is 0 Å². The van der Waals surface area contributed by atoms with E-state index in [9.17, 15) is 4.79 Å². The third-order valence-electron chi connectivity index (χ3n) is 6.46. The minimum Gasteiger partial charge on any atom is -0.368 e. The zero-order chi connectivity index (χ0) is 21.2. The number of anilines is 1. The number of piperazine rings is 1. The molecule has 162 valence electrons. The fourth-order valence-electron chi connectivity index (χ4n) is 4.66. The number of likely N-dealkylation sites (tertiary alicyclic amines) is 1. The fraction of sp³-hybridized carbons (Fsp3) is 0.435. The Morgan fingerprint density at radius 2 is 1.90 bits per heavy atom. The van der Waals surface area contributed by atoms with Crippen LogP contribution in [0.5, 0.6) is 0 Å². The number of hydrogen-bond acceptors (Lipinski definition) is 7. The van der Waals surface area contributed by atoms with E-state index in [0.29, 0.717) is 0 Å². The van der Waals surface area contributed by atoms with E-state index in [-0.39, 0.29) is 11.9 Å². The Balaban J connectivity index is 1.19. The van der Waals surface area contributed by atoms with Crippen LogP contribution in [0.15, 0.2) is 41.9 Å². The molecule has 1 aromatic carbocycles. The number of thiophene rings is 1. The molecule has 8 heteroatoms. The van der Waals surface area contributed by atoms with Gasteiger partial charge in [0.1, 0.15) is 4.83 Å². The summed E-state index contributed by atoms with van der Waals surface area (Å²) in [5.74, 6) is 0.640. The van der Waals surface area contributed by atoms with Crippen molar-refractivity contribution in [1.29, 1.82) is 0 Å². The van der Waals surface area contributed by atoms with Gasteiger partial charge in [-0.3, -0.25) is 14.6 Å². The number of benzene rings is 1. The zero-order valence-electron chi connectivity index (χ0n) is 17.6. The molecule has 4 heterocycles. The highest BCUT2D eigenvalue weighted by atomic mass is 32.1. The molecule has 2 N–H and O–H groups in total. The summed E-state index contributed by atoms with van der Waals surface area (Å²) in [7, 11) is 0. The Morgan fingerprint density at radius 1 is 1.10 bits per heavy atom. The third kappa shape index (κ3) is 4.28. The van der Waals surface area contributed by atoms with Crippen LogP contribution in [0.4, 0.5) is 5.95 Å². The Labute approximate surface area is 186 Å². The van der Waals surface area contributed by atoms with Crippen LogP contribution in [0.25, 0.3) is 21.3 Å². The van der Waals surface area contributed by atoms with Crippen molar-refractivity contribution in [3.63, 3.8) is 0 Å². The summed E-state index contributed by atoms with van der Waals surface area (Å²) in [6, 6.07) is 10.3. The van der Waals surface area contributed by atoms with Crippen molar-refractivity contribution in [2.45, 2.75) is 18.9 Å². The van der Waals surface area contributed by atoms with Gasteiger partial charge in [-0.2, -0.15) is 0 Å². The second-order valence-electron chi connectivity index (χ2n) is 8.33. The van der Waals surface area contributed by atoms with Crippen molar-refractivity contribution in [2.24, 2.45) is 5.73 Å².